The van der Waals surface area contributed by atoms with Gasteiger partial charge in [0.25, 0.3) is 5.91 Å². The Balaban J connectivity index is 1.70. The lowest BCUT2D eigenvalue weighted by Gasteiger charge is -2.25. The molecular formula is C17H20ClN3O2S. The van der Waals surface area contributed by atoms with Crippen molar-refractivity contribution in [2.24, 2.45) is 0 Å². The first-order chi connectivity index (χ1) is 11.5. The molecule has 0 spiro atoms. The van der Waals surface area contributed by atoms with Crippen LogP contribution in [0.4, 0.5) is 5.69 Å². The molecule has 1 saturated heterocycles. The fourth-order valence-electron chi connectivity index (χ4n) is 2.63. The Morgan fingerprint density at radius 2 is 2.12 bits per heavy atom. The summed E-state index contributed by atoms with van der Waals surface area (Å²) < 4.78 is 5.36. The predicted molar refractivity (Wildman–Crippen MR) is 97.1 cm³/mol. The van der Waals surface area contributed by atoms with Gasteiger partial charge in [-0.1, -0.05) is 11.6 Å². The number of aryl methyl sites for hydroxylation is 2. The van der Waals surface area contributed by atoms with Gasteiger partial charge in [-0.2, -0.15) is 0 Å². The number of benzene rings is 1. The fourth-order valence-corrected chi connectivity index (χ4v) is 3.86. The maximum absolute atomic E-state index is 12.6. The third kappa shape index (κ3) is 4.13. The summed E-state index contributed by atoms with van der Waals surface area (Å²) in [5, 5.41) is 4.58. The lowest BCUT2D eigenvalue weighted by atomic mass is 10.2. The summed E-state index contributed by atoms with van der Waals surface area (Å²) in [7, 11) is 0. The largest absolute Gasteiger partial charge is 0.379 e. The van der Waals surface area contributed by atoms with Crippen LogP contribution >= 0.6 is 22.9 Å². The average molecular weight is 366 g/mol. The molecule has 0 aliphatic carbocycles. The summed E-state index contributed by atoms with van der Waals surface area (Å²) in [5.41, 5.74) is 2.48. The quantitative estimate of drug-likeness (QED) is 0.901. The van der Waals surface area contributed by atoms with E-state index in [2.05, 4.69) is 15.2 Å². The molecule has 1 amide bonds. The van der Waals surface area contributed by atoms with Crippen molar-refractivity contribution in [1.82, 2.24) is 9.88 Å². The topological polar surface area (TPSA) is 54.5 Å². The highest BCUT2D eigenvalue weighted by molar-refractivity contribution is 7.13. The third-order valence-corrected chi connectivity index (χ3v) is 5.32. The zero-order valence-electron chi connectivity index (χ0n) is 13.8. The van der Waals surface area contributed by atoms with Crippen LogP contribution in [0.3, 0.4) is 0 Å². The van der Waals surface area contributed by atoms with Crippen LogP contribution in [0.5, 0.6) is 0 Å². The van der Waals surface area contributed by atoms with Gasteiger partial charge in [0.1, 0.15) is 9.88 Å². The molecule has 5 nitrogen and oxygen atoms in total. The third-order valence-electron chi connectivity index (χ3n) is 3.95. The maximum Gasteiger partial charge on any atom is 0.267 e. The molecule has 1 fully saturated rings. The van der Waals surface area contributed by atoms with Gasteiger partial charge in [0.15, 0.2) is 0 Å². The van der Waals surface area contributed by atoms with E-state index < -0.39 is 0 Å². The van der Waals surface area contributed by atoms with Crippen molar-refractivity contribution in [2.45, 2.75) is 20.4 Å². The number of hydrogen-bond donors (Lipinski definition) is 1. The van der Waals surface area contributed by atoms with E-state index >= 15 is 0 Å². The first-order valence-corrected chi connectivity index (χ1v) is 9.06. The van der Waals surface area contributed by atoms with Gasteiger partial charge in [-0.15, -0.1) is 11.3 Å². The van der Waals surface area contributed by atoms with Gasteiger partial charge in [-0.05, 0) is 37.6 Å². The number of morpholine rings is 1. The molecule has 1 aromatic carbocycles. The Bertz CT molecular complexity index is 741. The summed E-state index contributed by atoms with van der Waals surface area (Å²) in [5.74, 6) is -0.122. The van der Waals surface area contributed by atoms with Gasteiger partial charge in [-0.3, -0.25) is 9.69 Å². The Morgan fingerprint density at radius 1 is 1.38 bits per heavy atom. The van der Waals surface area contributed by atoms with Crippen LogP contribution in [0.15, 0.2) is 18.2 Å². The highest BCUT2D eigenvalue weighted by Gasteiger charge is 2.18. The van der Waals surface area contributed by atoms with Crippen LogP contribution in [0.2, 0.25) is 5.02 Å². The molecule has 3 rings (SSSR count). The SMILES string of the molecule is Cc1cc(Cl)ccc1NC(=O)c1sc(CN2CCOCC2)nc1C. The number of amides is 1. The van der Waals surface area contributed by atoms with Crippen molar-refractivity contribution in [3.63, 3.8) is 0 Å². The van der Waals surface area contributed by atoms with Crippen LogP contribution in [-0.2, 0) is 11.3 Å². The highest BCUT2D eigenvalue weighted by atomic mass is 35.5. The molecule has 24 heavy (non-hydrogen) atoms. The Morgan fingerprint density at radius 3 is 2.83 bits per heavy atom. The van der Waals surface area contributed by atoms with Crippen LogP contribution in [0.25, 0.3) is 0 Å². The number of anilines is 1. The fraction of sp³-hybridized carbons (Fsp3) is 0.412. The van der Waals surface area contributed by atoms with Crippen molar-refractivity contribution in [3.8, 4) is 0 Å². The van der Waals surface area contributed by atoms with Gasteiger partial charge in [0.2, 0.25) is 0 Å². The summed E-state index contributed by atoms with van der Waals surface area (Å²) in [4.78, 5) is 20.1. The van der Waals surface area contributed by atoms with Crippen molar-refractivity contribution < 1.29 is 9.53 Å². The molecule has 0 saturated carbocycles. The van der Waals surface area contributed by atoms with E-state index in [1.54, 1.807) is 6.07 Å². The number of halogens is 1. The molecule has 1 N–H and O–H groups in total. The number of carbonyl (C=O) groups is 1. The van der Waals surface area contributed by atoms with E-state index in [1.165, 1.54) is 11.3 Å². The van der Waals surface area contributed by atoms with E-state index in [-0.39, 0.29) is 5.91 Å². The average Bonchev–Trinajstić information content (AvgIpc) is 2.91. The molecule has 0 bridgehead atoms. The Hall–Kier alpha value is -1.47. The number of nitrogens with one attached hydrogen (secondary N) is 1. The summed E-state index contributed by atoms with van der Waals surface area (Å²) in [6, 6.07) is 5.43. The smallest absolute Gasteiger partial charge is 0.267 e. The van der Waals surface area contributed by atoms with E-state index in [0.717, 1.165) is 54.8 Å². The van der Waals surface area contributed by atoms with E-state index in [1.807, 2.05) is 26.0 Å². The molecule has 1 aliphatic rings. The number of rotatable bonds is 4. The first kappa shape index (κ1) is 17.4. The minimum absolute atomic E-state index is 0.122. The summed E-state index contributed by atoms with van der Waals surface area (Å²) >= 11 is 7.42. The molecule has 2 aromatic rings. The second-order valence-electron chi connectivity index (χ2n) is 5.82. The number of carbonyl (C=O) groups excluding carboxylic acids is 1. The highest BCUT2D eigenvalue weighted by Crippen LogP contribution is 2.24. The molecule has 1 aromatic heterocycles. The number of ether oxygens (including phenoxy) is 1. The second-order valence-corrected chi connectivity index (χ2v) is 7.34. The van der Waals surface area contributed by atoms with Crippen LogP contribution < -0.4 is 5.32 Å². The molecule has 7 heteroatoms. The van der Waals surface area contributed by atoms with Crippen molar-refractivity contribution >= 4 is 34.5 Å². The predicted octanol–water partition coefficient (Wildman–Crippen LogP) is 3.50. The number of aromatic nitrogens is 1. The number of nitrogens with zero attached hydrogens (tertiary/aromatic N) is 2. The molecule has 0 unspecified atom stereocenters. The van der Waals surface area contributed by atoms with Gasteiger partial charge >= 0.3 is 0 Å². The van der Waals surface area contributed by atoms with Crippen molar-refractivity contribution in [3.05, 3.63) is 44.4 Å². The number of hydrogen-bond acceptors (Lipinski definition) is 5. The van der Waals surface area contributed by atoms with Crippen molar-refractivity contribution in [2.75, 3.05) is 31.6 Å². The summed E-state index contributed by atoms with van der Waals surface area (Å²) in [6.07, 6.45) is 0. The van der Waals surface area contributed by atoms with Crippen molar-refractivity contribution in [1.29, 1.82) is 0 Å². The van der Waals surface area contributed by atoms with Crippen LogP contribution in [0.1, 0.15) is 25.9 Å². The molecule has 0 radical (unpaired) electrons. The monoisotopic (exact) mass is 365 g/mol. The van der Waals surface area contributed by atoms with Gasteiger partial charge in [0, 0.05) is 23.8 Å². The maximum atomic E-state index is 12.6. The molecular weight excluding hydrogens is 346 g/mol. The Labute approximate surface area is 150 Å². The van der Waals surface area contributed by atoms with Gasteiger partial charge in [0.05, 0.1) is 25.5 Å². The lowest BCUT2D eigenvalue weighted by molar-refractivity contribution is 0.0341. The number of thiazole rings is 1. The first-order valence-electron chi connectivity index (χ1n) is 7.87. The minimum atomic E-state index is -0.122. The molecule has 128 valence electrons. The zero-order chi connectivity index (χ0) is 17.1. The van der Waals surface area contributed by atoms with Gasteiger partial charge in [-0.25, -0.2) is 4.98 Å². The summed E-state index contributed by atoms with van der Waals surface area (Å²) in [6.45, 7) is 7.89. The minimum Gasteiger partial charge on any atom is -0.379 e. The molecule has 0 atom stereocenters. The van der Waals surface area contributed by atoms with Crippen LogP contribution in [0, 0.1) is 13.8 Å². The van der Waals surface area contributed by atoms with E-state index in [4.69, 9.17) is 16.3 Å². The van der Waals surface area contributed by atoms with E-state index in [0.29, 0.717) is 9.90 Å². The molecule has 2 heterocycles. The second kappa shape index (κ2) is 7.61. The molecule has 1 aliphatic heterocycles. The Kier molecular flexibility index (Phi) is 5.50. The van der Waals surface area contributed by atoms with Crippen LogP contribution in [-0.4, -0.2) is 42.1 Å². The lowest BCUT2D eigenvalue weighted by Crippen LogP contribution is -2.35. The zero-order valence-corrected chi connectivity index (χ0v) is 15.3. The normalized spacial score (nSPS) is 15.5. The van der Waals surface area contributed by atoms with Gasteiger partial charge < -0.3 is 10.1 Å². The standard InChI is InChI=1S/C17H20ClN3O2S/c1-11-9-13(18)3-4-14(11)20-17(22)16-12(2)19-15(24-16)10-21-5-7-23-8-6-21/h3-4,9H,5-8,10H2,1-2H3,(H,20,22). The van der Waals surface area contributed by atoms with E-state index in [9.17, 15) is 4.79 Å².